The number of nitrogen functional groups attached to an aromatic ring is 1. The van der Waals surface area contributed by atoms with Gasteiger partial charge in [-0.3, -0.25) is 0 Å². The number of carbonyl (C=O) groups is 1. The Hall–Kier alpha value is -1.96. The summed E-state index contributed by atoms with van der Waals surface area (Å²) in [6, 6.07) is 0. The third kappa shape index (κ3) is 3.02. The fraction of sp³-hybridized carbons (Fsp3) is 0.250. The molecule has 0 aliphatic carbocycles. The maximum absolute atomic E-state index is 11.3. The molecule has 0 saturated heterocycles. The van der Waals surface area contributed by atoms with E-state index in [0.717, 1.165) is 11.5 Å². The van der Waals surface area contributed by atoms with Gasteiger partial charge < -0.3 is 15.3 Å². The highest BCUT2D eigenvalue weighted by atomic mass is 32.1. The number of rotatable bonds is 5. The van der Waals surface area contributed by atoms with Crippen molar-refractivity contribution in [3.63, 3.8) is 0 Å². The van der Waals surface area contributed by atoms with Gasteiger partial charge in [-0.2, -0.15) is 9.36 Å². The van der Waals surface area contributed by atoms with Gasteiger partial charge in [0.15, 0.2) is 5.13 Å². The third-order valence-electron chi connectivity index (χ3n) is 1.38. The smallest absolute Gasteiger partial charge is 0.364 e. The first-order chi connectivity index (χ1) is 7.69. The van der Waals surface area contributed by atoms with E-state index in [4.69, 9.17) is 10.6 Å². The number of oxime groups is 1. The molecule has 0 spiro atoms. The predicted molar refractivity (Wildman–Crippen MR) is 59.0 cm³/mol. The van der Waals surface area contributed by atoms with Crippen LogP contribution in [0.2, 0.25) is 0 Å². The monoisotopic (exact) mass is 242 g/mol. The number of nitrogens with two attached hydrogens (primary N) is 1. The van der Waals surface area contributed by atoms with Gasteiger partial charge in [0.25, 0.3) is 0 Å². The van der Waals surface area contributed by atoms with E-state index >= 15 is 0 Å². The van der Waals surface area contributed by atoms with Gasteiger partial charge in [0.05, 0.1) is 7.11 Å². The molecule has 0 fully saturated rings. The number of aromatic nitrogens is 2. The highest BCUT2D eigenvalue weighted by molar-refractivity contribution is 7.09. The molecule has 1 aromatic heterocycles. The molecule has 86 valence electrons. The van der Waals surface area contributed by atoms with Crippen molar-refractivity contribution in [2.24, 2.45) is 5.16 Å². The molecule has 0 saturated carbocycles. The fourth-order valence-electron chi connectivity index (χ4n) is 0.752. The number of hydrogen-bond acceptors (Lipinski definition) is 8. The normalized spacial score (nSPS) is 10.9. The average Bonchev–Trinajstić information content (AvgIpc) is 2.70. The lowest BCUT2D eigenvalue weighted by Crippen LogP contribution is -2.19. The van der Waals surface area contributed by atoms with Crippen LogP contribution in [0.25, 0.3) is 0 Å². The van der Waals surface area contributed by atoms with Crippen LogP contribution in [0.15, 0.2) is 17.8 Å². The second-order valence-electron chi connectivity index (χ2n) is 2.47. The fourth-order valence-corrected chi connectivity index (χ4v) is 1.19. The van der Waals surface area contributed by atoms with Gasteiger partial charge >= 0.3 is 5.97 Å². The van der Waals surface area contributed by atoms with E-state index in [1.54, 1.807) is 0 Å². The minimum Gasteiger partial charge on any atom is -0.464 e. The van der Waals surface area contributed by atoms with E-state index in [9.17, 15) is 4.79 Å². The zero-order chi connectivity index (χ0) is 12.0. The van der Waals surface area contributed by atoms with Gasteiger partial charge in [-0.15, -0.1) is 0 Å². The first-order valence-electron chi connectivity index (χ1n) is 4.17. The lowest BCUT2D eigenvalue weighted by molar-refractivity contribution is -0.132. The van der Waals surface area contributed by atoms with E-state index in [1.807, 2.05) is 0 Å². The van der Waals surface area contributed by atoms with E-state index in [2.05, 4.69) is 25.8 Å². The molecule has 0 bridgehead atoms. The summed E-state index contributed by atoms with van der Waals surface area (Å²) < 4.78 is 8.35. The van der Waals surface area contributed by atoms with Gasteiger partial charge in [0, 0.05) is 11.5 Å². The van der Waals surface area contributed by atoms with Crippen LogP contribution in [0.4, 0.5) is 5.13 Å². The molecule has 0 atom stereocenters. The Labute approximate surface area is 95.7 Å². The second-order valence-corrected chi connectivity index (χ2v) is 3.26. The summed E-state index contributed by atoms with van der Waals surface area (Å²) in [6.45, 7) is 3.61. The molecule has 0 unspecified atom stereocenters. The quantitative estimate of drug-likeness (QED) is 0.260. The topological polar surface area (TPSA) is 99.7 Å². The van der Waals surface area contributed by atoms with Crippen molar-refractivity contribution >= 4 is 28.3 Å². The summed E-state index contributed by atoms with van der Waals surface area (Å²) >= 11 is 0.952. The van der Waals surface area contributed by atoms with Gasteiger partial charge in [-0.1, -0.05) is 17.8 Å². The van der Waals surface area contributed by atoms with Crippen molar-refractivity contribution < 1.29 is 14.4 Å². The predicted octanol–water partition coefficient (Wildman–Crippen LogP) is 0.200. The van der Waals surface area contributed by atoms with Gasteiger partial charge in [0.1, 0.15) is 6.61 Å². The number of methoxy groups -OCH3 is 1. The Morgan fingerprint density at radius 2 is 2.50 bits per heavy atom. The molecule has 0 aromatic carbocycles. The van der Waals surface area contributed by atoms with Crippen LogP contribution >= 0.6 is 11.5 Å². The van der Waals surface area contributed by atoms with Crippen molar-refractivity contribution in [1.29, 1.82) is 0 Å². The lowest BCUT2D eigenvalue weighted by Gasteiger charge is -1.99. The van der Waals surface area contributed by atoms with Crippen molar-refractivity contribution in [3.05, 3.63) is 18.5 Å². The summed E-state index contributed by atoms with van der Waals surface area (Å²) in [4.78, 5) is 19.9. The van der Waals surface area contributed by atoms with Crippen molar-refractivity contribution in [2.45, 2.75) is 0 Å². The Morgan fingerprint density at radius 3 is 3.00 bits per heavy atom. The largest absolute Gasteiger partial charge is 0.464 e. The summed E-state index contributed by atoms with van der Waals surface area (Å²) in [5, 5.41) is 3.80. The van der Waals surface area contributed by atoms with Crippen molar-refractivity contribution in [2.75, 3.05) is 19.5 Å². The Morgan fingerprint density at radius 1 is 1.75 bits per heavy atom. The summed E-state index contributed by atoms with van der Waals surface area (Å²) in [5.74, 6) is -0.611. The first-order valence-corrected chi connectivity index (χ1v) is 4.95. The molecule has 0 aliphatic rings. The van der Waals surface area contributed by atoms with Crippen LogP contribution in [-0.2, 0) is 14.4 Å². The maximum Gasteiger partial charge on any atom is 0.364 e. The molecule has 1 rings (SSSR count). The molecular weight excluding hydrogens is 232 g/mol. The molecule has 0 radical (unpaired) electrons. The van der Waals surface area contributed by atoms with E-state index in [1.165, 1.54) is 13.2 Å². The highest BCUT2D eigenvalue weighted by Gasteiger charge is 2.20. The van der Waals surface area contributed by atoms with Gasteiger partial charge in [-0.25, -0.2) is 4.79 Å². The molecule has 2 N–H and O–H groups in total. The van der Waals surface area contributed by atoms with Crippen LogP contribution in [-0.4, -0.2) is 34.8 Å². The summed E-state index contributed by atoms with van der Waals surface area (Å²) in [7, 11) is 1.22. The highest BCUT2D eigenvalue weighted by Crippen LogP contribution is 2.07. The third-order valence-corrected chi connectivity index (χ3v) is 1.92. The molecule has 1 heterocycles. The van der Waals surface area contributed by atoms with Crippen LogP contribution in [0, 0.1) is 0 Å². The number of carbonyl (C=O) groups excluding carboxylic acids is 1. The van der Waals surface area contributed by atoms with Crippen LogP contribution in [0.3, 0.4) is 0 Å². The molecular formula is C8H10N4O3S. The van der Waals surface area contributed by atoms with E-state index < -0.39 is 5.97 Å². The average molecular weight is 242 g/mol. The Kier molecular flexibility index (Phi) is 4.40. The number of esters is 1. The van der Waals surface area contributed by atoms with Crippen molar-refractivity contribution in [1.82, 2.24) is 9.36 Å². The zero-order valence-electron chi connectivity index (χ0n) is 8.54. The molecule has 8 heteroatoms. The zero-order valence-corrected chi connectivity index (χ0v) is 9.36. The van der Waals surface area contributed by atoms with Crippen LogP contribution < -0.4 is 5.73 Å². The van der Waals surface area contributed by atoms with Crippen LogP contribution in [0.1, 0.15) is 5.82 Å². The first kappa shape index (κ1) is 12.1. The Balaban J connectivity index is 2.91. The minimum absolute atomic E-state index is 0.0819. The second kappa shape index (κ2) is 5.81. The standard InChI is InChI=1S/C8H10N4O3S/c1-3-4-15-11-5(7(13)14-2)6-10-8(9)16-12-6/h3H,1,4H2,2H3,(H2,9,10,12)/b11-5-. The van der Waals surface area contributed by atoms with Gasteiger partial charge in [-0.05, 0) is 0 Å². The number of hydrogen-bond donors (Lipinski definition) is 1. The molecule has 16 heavy (non-hydrogen) atoms. The van der Waals surface area contributed by atoms with Crippen LogP contribution in [0.5, 0.6) is 0 Å². The molecule has 7 nitrogen and oxygen atoms in total. The Bertz CT molecular complexity index is 415. The lowest BCUT2D eigenvalue weighted by atomic mass is 10.4. The minimum atomic E-state index is -0.693. The number of nitrogens with zero attached hydrogens (tertiary/aromatic N) is 3. The summed E-state index contributed by atoms with van der Waals surface area (Å²) in [5.41, 5.74) is 5.27. The van der Waals surface area contributed by atoms with Crippen molar-refractivity contribution in [3.8, 4) is 0 Å². The van der Waals surface area contributed by atoms with Gasteiger partial charge in [0.2, 0.25) is 11.5 Å². The van der Waals surface area contributed by atoms with E-state index in [0.29, 0.717) is 0 Å². The number of ether oxygens (including phenoxy) is 1. The maximum atomic E-state index is 11.3. The molecule has 0 aliphatic heterocycles. The SMILES string of the molecule is C=CCO/N=C(\C(=O)OC)c1nsc(N)n1. The summed E-state index contributed by atoms with van der Waals surface area (Å²) in [6.07, 6.45) is 1.49. The number of anilines is 1. The molecule has 1 aromatic rings. The molecule has 0 amide bonds. The van der Waals surface area contributed by atoms with E-state index in [-0.39, 0.29) is 23.3 Å².